The number of cyclic esters (lactones) is 2. The maximum atomic E-state index is 11.7. The van der Waals surface area contributed by atoms with E-state index in [0.717, 1.165) is 28.5 Å². The number of rotatable bonds is 2. The lowest BCUT2D eigenvalue weighted by Gasteiger charge is -2.11. The molecule has 1 aromatic heterocycles. The number of aromatic amines is 1. The molecule has 0 unspecified atom stereocenters. The van der Waals surface area contributed by atoms with Gasteiger partial charge in [0, 0.05) is 17.3 Å². The van der Waals surface area contributed by atoms with Crippen molar-refractivity contribution in [1.29, 1.82) is 0 Å². The van der Waals surface area contributed by atoms with Gasteiger partial charge in [-0.3, -0.25) is 0 Å². The van der Waals surface area contributed by atoms with Crippen molar-refractivity contribution >= 4 is 23.0 Å². The van der Waals surface area contributed by atoms with E-state index in [1.54, 1.807) is 0 Å². The van der Waals surface area contributed by atoms with Crippen molar-refractivity contribution in [2.45, 2.75) is 18.9 Å². The number of hydrogen-bond acceptors (Lipinski definition) is 4. The van der Waals surface area contributed by atoms with Gasteiger partial charge in [0.15, 0.2) is 0 Å². The minimum atomic E-state index is -0.358. The van der Waals surface area contributed by atoms with Gasteiger partial charge in [-0.15, -0.1) is 0 Å². The van der Waals surface area contributed by atoms with E-state index in [9.17, 15) is 9.59 Å². The molecule has 1 fully saturated rings. The largest absolute Gasteiger partial charge is 0.461 e. The third-order valence-electron chi connectivity index (χ3n) is 3.98. The van der Waals surface area contributed by atoms with E-state index in [1.165, 1.54) is 0 Å². The summed E-state index contributed by atoms with van der Waals surface area (Å²) in [4.78, 5) is 25.9. The molecule has 108 valence electrons. The van der Waals surface area contributed by atoms with Crippen LogP contribution in [0.1, 0.15) is 21.6 Å². The van der Waals surface area contributed by atoms with Crippen LogP contribution in [-0.4, -0.2) is 36.3 Å². The van der Waals surface area contributed by atoms with Gasteiger partial charge in [0.1, 0.15) is 12.3 Å². The number of fused-ring (bicyclic) bond motifs is 3. The molecule has 1 aromatic carbocycles. The molecule has 0 bridgehead atoms. The number of alkyl carbamates (subject to hydrolysis) is 1. The first-order valence-electron chi connectivity index (χ1n) is 6.94. The molecule has 0 aliphatic carbocycles. The fourth-order valence-corrected chi connectivity index (χ4v) is 2.99. The van der Waals surface area contributed by atoms with Crippen LogP contribution in [0.15, 0.2) is 18.2 Å². The van der Waals surface area contributed by atoms with Crippen LogP contribution in [-0.2, 0) is 22.3 Å². The summed E-state index contributed by atoms with van der Waals surface area (Å²) in [6, 6.07) is 6.05. The van der Waals surface area contributed by atoms with Crippen molar-refractivity contribution in [2.75, 3.05) is 13.2 Å². The van der Waals surface area contributed by atoms with Gasteiger partial charge in [-0.25, -0.2) is 9.59 Å². The highest BCUT2D eigenvalue weighted by Crippen LogP contribution is 2.27. The van der Waals surface area contributed by atoms with Gasteiger partial charge < -0.3 is 19.8 Å². The maximum absolute atomic E-state index is 11.7. The van der Waals surface area contributed by atoms with E-state index in [1.807, 2.05) is 12.1 Å². The Balaban J connectivity index is 1.69. The molecule has 2 aliphatic rings. The van der Waals surface area contributed by atoms with Crippen molar-refractivity contribution in [3.05, 3.63) is 35.0 Å². The topological polar surface area (TPSA) is 80.4 Å². The number of hydrogen-bond donors (Lipinski definition) is 2. The number of nitrogens with one attached hydrogen (secondary N) is 2. The van der Waals surface area contributed by atoms with Crippen molar-refractivity contribution < 1.29 is 19.1 Å². The standard InChI is InChI=1S/C15H14N2O4/c18-14-13-10(3-4-20-14)11-6-8(1-2-12(11)17-13)5-9-7-21-15(19)16-9/h1-2,6,9,17H,3-5,7H2,(H,16,19)/t9-/m0/s1. The van der Waals surface area contributed by atoms with E-state index in [2.05, 4.69) is 16.4 Å². The van der Waals surface area contributed by atoms with Gasteiger partial charge in [0.25, 0.3) is 0 Å². The molecule has 3 heterocycles. The van der Waals surface area contributed by atoms with Crippen LogP contribution < -0.4 is 5.32 Å². The van der Waals surface area contributed by atoms with Crippen LogP contribution in [0.4, 0.5) is 4.79 Å². The molecule has 0 radical (unpaired) electrons. The van der Waals surface area contributed by atoms with Gasteiger partial charge in [-0.1, -0.05) is 6.07 Å². The third-order valence-corrected chi connectivity index (χ3v) is 3.98. The molecule has 2 aromatic rings. The number of esters is 1. The van der Waals surface area contributed by atoms with Gasteiger partial charge in [-0.2, -0.15) is 0 Å². The fourth-order valence-electron chi connectivity index (χ4n) is 2.99. The first-order valence-corrected chi connectivity index (χ1v) is 6.94. The maximum Gasteiger partial charge on any atom is 0.407 e. The van der Waals surface area contributed by atoms with Crippen molar-refractivity contribution in [3.63, 3.8) is 0 Å². The first-order chi connectivity index (χ1) is 10.2. The number of benzene rings is 1. The molecule has 1 amide bonds. The van der Waals surface area contributed by atoms with Crippen LogP contribution in [0.5, 0.6) is 0 Å². The summed E-state index contributed by atoms with van der Waals surface area (Å²) < 4.78 is 9.95. The van der Waals surface area contributed by atoms with Crippen LogP contribution in [0, 0.1) is 0 Å². The Bertz CT molecular complexity index is 749. The summed E-state index contributed by atoms with van der Waals surface area (Å²) in [5.74, 6) is -0.287. The lowest BCUT2D eigenvalue weighted by atomic mass is 10.0. The number of ether oxygens (including phenoxy) is 2. The molecule has 21 heavy (non-hydrogen) atoms. The summed E-state index contributed by atoms with van der Waals surface area (Å²) in [6.45, 7) is 0.823. The average molecular weight is 286 g/mol. The minimum Gasteiger partial charge on any atom is -0.461 e. The highest BCUT2D eigenvalue weighted by Gasteiger charge is 2.25. The van der Waals surface area contributed by atoms with E-state index in [0.29, 0.717) is 25.3 Å². The Morgan fingerprint density at radius 3 is 2.95 bits per heavy atom. The van der Waals surface area contributed by atoms with E-state index < -0.39 is 0 Å². The quantitative estimate of drug-likeness (QED) is 0.820. The van der Waals surface area contributed by atoms with E-state index >= 15 is 0 Å². The zero-order chi connectivity index (χ0) is 14.4. The summed E-state index contributed by atoms with van der Waals surface area (Å²) in [7, 11) is 0. The molecule has 4 rings (SSSR count). The summed E-state index contributed by atoms with van der Waals surface area (Å²) >= 11 is 0. The van der Waals surface area contributed by atoms with Gasteiger partial charge in [0.05, 0.1) is 12.6 Å². The Kier molecular flexibility index (Phi) is 2.63. The molecular formula is C15H14N2O4. The lowest BCUT2D eigenvalue weighted by molar-refractivity contribution is 0.0474. The second kappa shape index (κ2) is 4.51. The number of H-pyrrole nitrogens is 1. The zero-order valence-corrected chi connectivity index (χ0v) is 11.3. The molecule has 1 atom stereocenters. The second-order valence-electron chi connectivity index (χ2n) is 5.39. The summed E-state index contributed by atoms with van der Waals surface area (Å²) in [5.41, 5.74) is 3.63. The van der Waals surface area contributed by atoms with Crippen molar-refractivity contribution in [2.24, 2.45) is 0 Å². The van der Waals surface area contributed by atoms with Gasteiger partial charge >= 0.3 is 12.1 Å². The number of amides is 1. The average Bonchev–Trinajstić information content (AvgIpc) is 3.04. The van der Waals surface area contributed by atoms with Crippen LogP contribution >= 0.6 is 0 Å². The van der Waals surface area contributed by atoms with Crippen molar-refractivity contribution in [3.8, 4) is 0 Å². The van der Waals surface area contributed by atoms with Gasteiger partial charge in [0.2, 0.25) is 0 Å². The minimum absolute atomic E-state index is 0.00897. The molecule has 0 saturated carbocycles. The van der Waals surface area contributed by atoms with Crippen molar-refractivity contribution in [1.82, 2.24) is 10.3 Å². The predicted octanol–water partition coefficient (Wildman–Crippen LogP) is 1.53. The second-order valence-corrected chi connectivity index (χ2v) is 5.39. The Morgan fingerprint density at radius 1 is 1.24 bits per heavy atom. The molecule has 0 spiro atoms. The molecule has 1 saturated heterocycles. The van der Waals surface area contributed by atoms with E-state index in [4.69, 9.17) is 9.47 Å². The summed E-state index contributed by atoms with van der Waals surface area (Å²) in [6.07, 6.45) is 1.09. The number of carbonyl (C=O) groups excluding carboxylic acids is 2. The fraction of sp³-hybridized carbons (Fsp3) is 0.333. The van der Waals surface area contributed by atoms with Gasteiger partial charge in [-0.05, 0) is 29.7 Å². The first kappa shape index (κ1) is 12.3. The van der Waals surface area contributed by atoms with Crippen LogP contribution in [0.3, 0.4) is 0 Å². The van der Waals surface area contributed by atoms with Crippen LogP contribution in [0.25, 0.3) is 10.9 Å². The molecular weight excluding hydrogens is 272 g/mol. The van der Waals surface area contributed by atoms with E-state index in [-0.39, 0.29) is 18.1 Å². The predicted molar refractivity (Wildman–Crippen MR) is 74.3 cm³/mol. The smallest absolute Gasteiger partial charge is 0.407 e. The monoisotopic (exact) mass is 286 g/mol. The Labute approximate surface area is 120 Å². The Hall–Kier alpha value is -2.50. The normalized spacial score (nSPS) is 20.9. The zero-order valence-electron chi connectivity index (χ0n) is 11.3. The highest BCUT2D eigenvalue weighted by atomic mass is 16.6. The highest BCUT2D eigenvalue weighted by molar-refractivity contribution is 5.99. The third kappa shape index (κ3) is 2.03. The number of carbonyl (C=O) groups is 2. The number of aromatic nitrogens is 1. The lowest BCUT2D eigenvalue weighted by Crippen LogP contribution is -2.28. The molecule has 6 heteroatoms. The Morgan fingerprint density at radius 2 is 2.14 bits per heavy atom. The summed E-state index contributed by atoms with van der Waals surface area (Å²) in [5, 5.41) is 3.83. The molecule has 2 aliphatic heterocycles. The SMILES string of the molecule is O=C1N[C@@H](Cc2ccc3[nH]c4c(c3c2)CCOC4=O)CO1. The molecule has 6 nitrogen and oxygen atoms in total. The van der Waals surface area contributed by atoms with Crippen LogP contribution in [0.2, 0.25) is 0 Å². The molecule has 2 N–H and O–H groups in total.